The maximum absolute atomic E-state index is 6.19. The first-order valence-corrected chi connectivity index (χ1v) is 10.3. The van der Waals surface area contributed by atoms with Crippen molar-refractivity contribution in [1.82, 2.24) is 9.13 Å². The largest absolute Gasteiger partial charge is 0.522 e. The lowest BCUT2D eigenvalue weighted by Crippen LogP contribution is -2.80. The third-order valence-corrected chi connectivity index (χ3v) is 10.2. The second kappa shape index (κ2) is 6.89. The van der Waals surface area contributed by atoms with E-state index in [4.69, 9.17) is 8.85 Å². The van der Waals surface area contributed by atoms with Crippen LogP contribution in [0.1, 0.15) is 61.8 Å². The molecule has 4 nitrogen and oxygen atoms in total. The van der Waals surface area contributed by atoms with Crippen molar-refractivity contribution in [2.75, 3.05) is 27.3 Å². The smallest absolute Gasteiger partial charge is 0.374 e. The highest BCUT2D eigenvalue weighted by atomic mass is 28.4. The Labute approximate surface area is 139 Å². The van der Waals surface area contributed by atoms with Crippen molar-refractivity contribution in [3.8, 4) is 0 Å². The lowest BCUT2D eigenvalue weighted by atomic mass is 9.90. The zero-order valence-corrected chi connectivity index (χ0v) is 17.5. The van der Waals surface area contributed by atoms with Gasteiger partial charge in [0.2, 0.25) is 0 Å². The summed E-state index contributed by atoms with van der Waals surface area (Å²) in [6.45, 7) is 20.5. The standard InChI is InChI=1S/C17H38N2O2Si/c1-14(2)16(5,6)18-12-11-13-19(17(7,8)15(3)4)22(18,20-9)21-10/h14-15H,11-13H2,1-10H3. The molecule has 5 heteroatoms. The van der Waals surface area contributed by atoms with Gasteiger partial charge in [0.1, 0.15) is 0 Å². The van der Waals surface area contributed by atoms with E-state index in [0.717, 1.165) is 19.5 Å². The van der Waals surface area contributed by atoms with Crippen LogP contribution >= 0.6 is 0 Å². The molecule has 0 spiro atoms. The van der Waals surface area contributed by atoms with E-state index in [1.807, 2.05) is 14.2 Å². The Morgan fingerprint density at radius 1 is 0.773 bits per heavy atom. The highest BCUT2D eigenvalue weighted by Crippen LogP contribution is 2.39. The van der Waals surface area contributed by atoms with Gasteiger partial charge in [-0.2, -0.15) is 0 Å². The van der Waals surface area contributed by atoms with Gasteiger partial charge in [0.05, 0.1) is 0 Å². The maximum Gasteiger partial charge on any atom is 0.522 e. The summed E-state index contributed by atoms with van der Waals surface area (Å²) in [6.07, 6.45) is 1.16. The Hall–Kier alpha value is 0.0569. The molecular formula is C17H38N2O2Si. The van der Waals surface area contributed by atoms with E-state index in [9.17, 15) is 0 Å². The molecule has 0 N–H and O–H groups in total. The molecule has 0 unspecified atom stereocenters. The minimum atomic E-state index is -2.62. The average Bonchev–Trinajstić information content (AvgIpc) is 2.45. The molecule has 0 radical (unpaired) electrons. The predicted molar refractivity (Wildman–Crippen MR) is 95.6 cm³/mol. The van der Waals surface area contributed by atoms with Crippen molar-refractivity contribution in [1.29, 1.82) is 0 Å². The molecule has 1 saturated heterocycles. The van der Waals surface area contributed by atoms with E-state index in [1.165, 1.54) is 0 Å². The van der Waals surface area contributed by atoms with Crippen LogP contribution in [-0.4, -0.2) is 56.4 Å². The van der Waals surface area contributed by atoms with Crippen LogP contribution in [-0.2, 0) is 8.85 Å². The normalized spacial score (nSPS) is 21.8. The first-order chi connectivity index (χ1) is 9.98. The van der Waals surface area contributed by atoms with E-state index < -0.39 is 8.88 Å². The number of hydrogen-bond acceptors (Lipinski definition) is 4. The molecule has 0 aromatic rings. The summed E-state index contributed by atoms with van der Waals surface area (Å²) < 4.78 is 17.5. The molecule has 1 aliphatic rings. The Balaban J connectivity index is 3.37. The predicted octanol–water partition coefficient (Wildman–Crippen LogP) is 3.59. The summed E-state index contributed by atoms with van der Waals surface area (Å²) in [5, 5.41) is 0. The van der Waals surface area contributed by atoms with Gasteiger partial charge in [-0.15, -0.1) is 0 Å². The third kappa shape index (κ3) is 3.15. The van der Waals surface area contributed by atoms with Crippen LogP contribution in [0.4, 0.5) is 0 Å². The molecule has 22 heavy (non-hydrogen) atoms. The van der Waals surface area contributed by atoms with Gasteiger partial charge in [0.15, 0.2) is 0 Å². The molecule has 1 fully saturated rings. The van der Waals surface area contributed by atoms with Crippen molar-refractivity contribution < 1.29 is 8.85 Å². The van der Waals surface area contributed by atoms with Crippen molar-refractivity contribution in [3.05, 3.63) is 0 Å². The summed E-state index contributed by atoms with van der Waals surface area (Å²) in [7, 11) is 1.04. The lowest BCUT2D eigenvalue weighted by Gasteiger charge is -2.59. The molecule has 0 amide bonds. The van der Waals surface area contributed by atoms with E-state index in [1.54, 1.807) is 0 Å². The minimum Gasteiger partial charge on any atom is -0.374 e. The Kier molecular flexibility index (Phi) is 6.30. The second-order valence-electron chi connectivity index (χ2n) is 8.23. The molecule has 1 heterocycles. The molecule has 0 bridgehead atoms. The first-order valence-electron chi connectivity index (χ1n) is 8.64. The zero-order valence-electron chi connectivity index (χ0n) is 16.5. The van der Waals surface area contributed by atoms with Crippen LogP contribution in [0.3, 0.4) is 0 Å². The van der Waals surface area contributed by atoms with Crippen molar-refractivity contribution in [3.63, 3.8) is 0 Å². The monoisotopic (exact) mass is 330 g/mol. The summed E-state index contributed by atoms with van der Waals surface area (Å²) in [4.78, 5) is 0. The summed E-state index contributed by atoms with van der Waals surface area (Å²) in [5.41, 5.74) is 0.0912. The van der Waals surface area contributed by atoms with Crippen molar-refractivity contribution in [2.45, 2.75) is 72.9 Å². The van der Waals surface area contributed by atoms with E-state index in [-0.39, 0.29) is 11.1 Å². The summed E-state index contributed by atoms with van der Waals surface area (Å²) in [5.74, 6) is 1.07. The fraction of sp³-hybridized carbons (Fsp3) is 1.00. The molecule has 0 aromatic carbocycles. The fourth-order valence-corrected chi connectivity index (χ4v) is 7.46. The van der Waals surface area contributed by atoms with Crippen molar-refractivity contribution >= 4 is 8.88 Å². The van der Waals surface area contributed by atoms with E-state index in [0.29, 0.717) is 11.8 Å². The number of rotatable bonds is 6. The van der Waals surface area contributed by atoms with E-state index in [2.05, 4.69) is 64.5 Å². The van der Waals surface area contributed by atoms with Gasteiger partial charge in [-0.1, -0.05) is 27.7 Å². The summed E-state index contributed by atoms with van der Waals surface area (Å²) >= 11 is 0. The van der Waals surface area contributed by atoms with Crippen LogP contribution in [0.15, 0.2) is 0 Å². The fourth-order valence-electron chi connectivity index (χ4n) is 3.27. The van der Waals surface area contributed by atoms with Gasteiger partial charge in [0.25, 0.3) is 0 Å². The van der Waals surface area contributed by atoms with Gasteiger partial charge in [-0.3, -0.25) is 9.13 Å². The molecule has 132 valence electrons. The highest BCUT2D eigenvalue weighted by molar-refractivity contribution is 6.62. The topological polar surface area (TPSA) is 24.9 Å². The SMILES string of the molecule is CO[Si]1(OC)N(C(C)(C)C(C)C)CCCN1C(C)(C)C(C)C. The van der Waals surface area contributed by atoms with Gasteiger partial charge >= 0.3 is 8.88 Å². The third-order valence-electron chi connectivity index (χ3n) is 6.19. The highest BCUT2D eigenvalue weighted by Gasteiger charge is 2.61. The van der Waals surface area contributed by atoms with Crippen LogP contribution in [0.5, 0.6) is 0 Å². The van der Waals surface area contributed by atoms with Crippen LogP contribution in [0, 0.1) is 11.8 Å². The molecule has 0 saturated carbocycles. The van der Waals surface area contributed by atoms with Crippen molar-refractivity contribution in [2.24, 2.45) is 11.8 Å². The van der Waals surface area contributed by atoms with Gasteiger partial charge in [-0.25, -0.2) is 0 Å². The molecule has 0 aromatic heterocycles. The average molecular weight is 331 g/mol. The lowest BCUT2D eigenvalue weighted by molar-refractivity contribution is -0.0277. The van der Waals surface area contributed by atoms with Crippen LogP contribution in [0.2, 0.25) is 0 Å². The summed E-state index contributed by atoms with van der Waals surface area (Å²) in [6, 6.07) is 0. The Morgan fingerprint density at radius 2 is 1.09 bits per heavy atom. The first kappa shape index (κ1) is 20.1. The molecule has 1 aliphatic heterocycles. The molecular weight excluding hydrogens is 292 g/mol. The second-order valence-corrected chi connectivity index (χ2v) is 11.2. The van der Waals surface area contributed by atoms with E-state index >= 15 is 0 Å². The number of nitrogens with zero attached hydrogens (tertiary/aromatic N) is 2. The molecule has 0 aliphatic carbocycles. The maximum atomic E-state index is 6.19. The minimum absolute atomic E-state index is 0.0456. The van der Waals surface area contributed by atoms with Gasteiger partial charge in [-0.05, 0) is 59.0 Å². The Bertz CT molecular complexity index is 336. The van der Waals surface area contributed by atoms with Gasteiger partial charge in [0, 0.05) is 25.3 Å². The Morgan fingerprint density at radius 3 is 1.32 bits per heavy atom. The number of hydrogen-bond donors (Lipinski definition) is 0. The quantitative estimate of drug-likeness (QED) is 0.695. The molecule has 1 rings (SSSR count). The molecule has 0 atom stereocenters. The van der Waals surface area contributed by atoms with Gasteiger partial charge < -0.3 is 8.85 Å². The zero-order chi connectivity index (χ0) is 17.3. The van der Waals surface area contributed by atoms with Crippen LogP contribution < -0.4 is 0 Å². The van der Waals surface area contributed by atoms with Crippen LogP contribution in [0.25, 0.3) is 0 Å².